The standard InChI is InChI=1S/C47H88O6/c1-4-7-10-13-16-19-21-22-23-24-26-28-31-34-37-40-46(49)52-43-44(42-51-45(48)39-36-33-30-27-18-15-12-9-6-3)53-47(50)41-38-35-32-29-25-20-17-14-11-8-5-2/h27,30,44H,4-26,28-29,31-43H2,1-3H3/b30-27-. The topological polar surface area (TPSA) is 78.9 Å². The lowest BCUT2D eigenvalue weighted by molar-refractivity contribution is -0.167. The molecule has 53 heavy (non-hydrogen) atoms. The fourth-order valence-corrected chi connectivity index (χ4v) is 6.74. The fourth-order valence-electron chi connectivity index (χ4n) is 6.74. The number of carbonyl (C=O) groups excluding carboxylic acids is 3. The number of hydrogen-bond donors (Lipinski definition) is 0. The van der Waals surface area contributed by atoms with Crippen LogP contribution in [0.2, 0.25) is 0 Å². The highest BCUT2D eigenvalue weighted by atomic mass is 16.6. The number of ether oxygens (including phenoxy) is 3. The molecule has 0 amide bonds. The van der Waals surface area contributed by atoms with Crippen LogP contribution in [0.25, 0.3) is 0 Å². The van der Waals surface area contributed by atoms with E-state index in [2.05, 4.69) is 32.9 Å². The average molecular weight is 749 g/mol. The molecule has 6 heteroatoms. The Morgan fingerprint density at radius 2 is 0.642 bits per heavy atom. The summed E-state index contributed by atoms with van der Waals surface area (Å²) in [7, 11) is 0. The van der Waals surface area contributed by atoms with Gasteiger partial charge in [-0.05, 0) is 38.5 Å². The summed E-state index contributed by atoms with van der Waals surface area (Å²) in [6, 6.07) is 0. The summed E-state index contributed by atoms with van der Waals surface area (Å²) >= 11 is 0. The summed E-state index contributed by atoms with van der Waals surface area (Å²) in [6.45, 7) is 6.59. The van der Waals surface area contributed by atoms with Crippen LogP contribution in [0, 0.1) is 0 Å². The van der Waals surface area contributed by atoms with E-state index in [4.69, 9.17) is 14.2 Å². The minimum Gasteiger partial charge on any atom is -0.462 e. The lowest BCUT2D eigenvalue weighted by atomic mass is 10.0. The maximum Gasteiger partial charge on any atom is 0.306 e. The van der Waals surface area contributed by atoms with Crippen LogP contribution in [0.5, 0.6) is 0 Å². The summed E-state index contributed by atoms with van der Waals surface area (Å²) in [6.07, 6.45) is 44.9. The number of allylic oxidation sites excluding steroid dienone is 2. The van der Waals surface area contributed by atoms with Crippen molar-refractivity contribution < 1.29 is 28.6 Å². The summed E-state index contributed by atoms with van der Waals surface area (Å²) in [4.78, 5) is 37.6. The van der Waals surface area contributed by atoms with E-state index in [1.54, 1.807) is 0 Å². The lowest BCUT2D eigenvalue weighted by Gasteiger charge is -2.18. The molecule has 0 aliphatic rings. The van der Waals surface area contributed by atoms with Gasteiger partial charge in [0.15, 0.2) is 6.10 Å². The minimum absolute atomic E-state index is 0.0738. The van der Waals surface area contributed by atoms with E-state index < -0.39 is 6.10 Å². The first-order valence-electron chi connectivity index (χ1n) is 23.2. The van der Waals surface area contributed by atoms with Crippen molar-refractivity contribution in [1.82, 2.24) is 0 Å². The van der Waals surface area contributed by atoms with Gasteiger partial charge in [-0.25, -0.2) is 0 Å². The molecule has 0 aromatic rings. The molecular formula is C47H88O6. The highest BCUT2D eigenvalue weighted by molar-refractivity contribution is 5.71. The van der Waals surface area contributed by atoms with Gasteiger partial charge in [0.25, 0.3) is 0 Å². The van der Waals surface area contributed by atoms with E-state index in [-0.39, 0.29) is 31.1 Å². The Bertz CT molecular complexity index is 824. The van der Waals surface area contributed by atoms with Gasteiger partial charge in [-0.3, -0.25) is 14.4 Å². The van der Waals surface area contributed by atoms with Crippen LogP contribution in [-0.2, 0) is 28.6 Å². The molecule has 0 saturated carbocycles. The molecule has 0 aliphatic heterocycles. The number of rotatable bonds is 42. The molecule has 0 bridgehead atoms. The molecule has 0 saturated heterocycles. The molecule has 6 nitrogen and oxygen atoms in total. The predicted molar refractivity (Wildman–Crippen MR) is 224 cm³/mol. The number of unbranched alkanes of at least 4 members (excludes halogenated alkanes) is 29. The zero-order valence-electron chi connectivity index (χ0n) is 35.6. The Hall–Kier alpha value is -1.85. The summed E-state index contributed by atoms with van der Waals surface area (Å²) in [5.74, 6) is -0.902. The van der Waals surface area contributed by atoms with Gasteiger partial charge < -0.3 is 14.2 Å². The summed E-state index contributed by atoms with van der Waals surface area (Å²) in [5, 5.41) is 0. The van der Waals surface area contributed by atoms with Crippen LogP contribution in [0.15, 0.2) is 12.2 Å². The van der Waals surface area contributed by atoms with E-state index in [0.29, 0.717) is 19.3 Å². The monoisotopic (exact) mass is 749 g/mol. The summed E-state index contributed by atoms with van der Waals surface area (Å²) < 4.78 is 16.7. The molecule has 312 valence electrons. The Morgan fingerprint density at radius 3 is 1.02 bits per heavy atom. The zero-order chi connectivity index (χ0) is 38.7. The molecule has 0 heterocycles. The average Bonchev–Trinajstić information content (AvgIpc) is 3.15. The highest BCUT2D eigenvalue weighted by Gasteiger charge is 2.19. The molecule has 0 spiro atoms. The van der Waals surface area contributed by atoms with Gasteiger partial charge in [-0.15, -0.1) is 0 Å². The van der Waals surface area contributed by atoms with Crippen LogP contribution in [0.4, 0.5) is 0 Å². The Labute approximate surface area is 329 Å². The Kier molecular flexibility index (Phi) is 41.4. The molecule has 1 atom stereocenters. The van der Waals surface area contributed by atoms with Gasteiger partial charge in [0.2, 0.25) is 0 Å². The van der Waals surface area contributed by atoms with E-state index >= 15 is 0 Å². The smallest absolute Gasteiger partial charge is 0.306 e. The summed E-state index contributed by atoms with van der Waals surface area (Å²) in [5.41, 5.74) is 0. The van der Waals surface area contributed by atoms with E-state index in [0.717, 1.165) is 57.8 Å². The first kappa shape index (κ1) is 51.1. The van der Waals surface area contributed by atoms with Crippen molar-refractivity contribution in [2.75, 3.05) is 13.2 Å². The largest absolute Gasteiger partial charge is 0.462 e. The lowest BCUT2D eigenvalue weighted by Crippen LogP contribution is -2.30. The van der Waals surface area contributed by atoms with Gasteiger partial charge in [-0.2, -0.15) is 0 Å². The van der Waals surface area contributed by atoms with Crippen molar-refractivity contribution in [3.63, 3.8) is 0 Å². The first-order chi connectivity index (χ1) is 26.0. The van der Waals surface area contributed by atoms with E-state index in [9.17, 15) is 14.4 Å². The number of carbonyl (C=O) groups is 3. The SMILES string of the molecule is CCCCCC/C=C\CCCC(=O)OCC(COC(=O)CCCCCCCCCCCCCCCCC)OC(=O)CCCCCCCCCCCCC. The molecule has 0 aromatic carbocycles. The van der Waals surface area contributed by atoms with Crippen molar-refractivity contribution in [3.8, 4) is 0 Å². The van der Waals surface area contributed by atoms with Crippen LogP contribution in [-0.4, -0.2) is 37.2 Å². The second kappa shape index (κ2) is 42.9. The van der Waals surface area contributed by atoms with Crippen LogP contribution < -0.4 is 0 Å². The zero-order valence-corrected chi connectivity index (χ0v) is 35.6. The van der Waals surface area contributed by atoms with Crippen LogP contribution >= 0.6 is 0 Å². The Balaban J connectivity index is 4.31. The van der Waals surface area contributed by atoms with Crippen LogP contribution in [0.1, 0.15) is 252 Å². The van der Waals surface area contributed by atoms with Crippen molar-refractivity contribution in [2.45, 2.75) is 258 Å². The third-order valence-electron chi connectivity index (χ3n) is 10.3. The van der Waals surface area contributed by atoms with Gasteiger partial charge in [-0.1, -0.05) is 206 Å². The Morgan fingerprint density at radius 1 is 0.358 bits per heavy atom. The number of esters is 3. The molecule has 0 N–H and O–H groups in total. The maximum absolute atomic E-state index is 12.7. The van der Waals surface area contributed by atoms with Crippen molar-refractivity contribution >= 4 is 17.9 Å². The second-order valence-electron chi connectivity index (χ2n) is 15.7. The van der Waals surface area contributed by atoms with Gasteiger partial charge >= 0.3 is 17.9 Å². The van der Waals surface area contributed by atoms with E-state index in [1.165, 1.54) is 154 Å². The van der Waals surface area contributed by atoms with Crippen molar-refractivity contribution in [2.24, 2.45) is 0 Å². The minimum atomic E-state index is -0.771. The van der Waals surface area contributed by atoms with Gasteiger partial charge in [0.05, 0.1) is 0 Å². The molecule has 0 aliphatic carbocycles. The highest BCUT2D eigenvalue weighted by Crippen LogP contribution is 2.15. The number of hydrogen-bond acceptors (Lipinski definition) is 6. The molecule has 0 radical (unpaired) electrons. The van der Waals surface area contributed by atoms with Crippen molar-refractivity contribution in [3.05, 3.63) is 12.2 Å². The van der Waals surface area contributed by atoms with Gasteiger partial charge in [0, 0.05) is 19.3 Å². The molecule has 0 rings (SSSR count). The third kappa shape index (κ3) is 41.2. The van der Waals surface area contributed by atoms with Crippen LogP contribution in [0.3, 0.4) is 0 Å². The maximum atomic E-state index is 12.7. The molecule has 0 fully saturated rings. The normalized spacial score (nSPS) is 12.0. The molecular weight excluding hydrogens is 661 g/mol. The second-order valence-corrected chi connectivity index (χ2v) is 15.7. The van der Waals surface area contributed by atoms with Gasteiger partial charge in [0.1, 0.15) is 13.2 Å². The quantitative estimate of drug-likeness (QED) is 0.0268. The predicted octanol–water partition coefficient (Wildman–Crippen LogP) is 14.6. The molecule has 1 unspecified atom stereocenters. The fraction of sp³-hybridized carbons (Fsp3) is 0.894. The third-order valence-corrected chi connectivity index (χ3v) is 10.3. The van der Waals surface area contributed by atoms with E-state index in [1.807, 2.05) is 0 Å². The molecule has 0 aromatic heterocycles. The first-order valence-corrected chi connectivity index (χ1v) is 23.2. The van der Waals surface area contributed by atoms with Crippen molar-refractivity contribution in [1.29, 1.82) is 0 Å².